The Labute approximate surface area is 123 Å². The minimum atomic E-state index is -0.730. The maximum atomic E-state index is 11.8. The lowest BCUT2D eigenvalue weighted by Gasteiger charge is -2.16. The van der Waals surface area contributed by atoms with Gasteiger partial charge in [-0.25, -0.2) is 9.78 Å². The number of benzene rings is 1. The van der Waals surface area contributed by atoms with Gasteiger partial charge in [0.2, 0.25) is 5.91 Å². The van der Waals surface area contributed by atoms with Gasteiger partial charge in [-0.2, -0.15) is 0 Å². The van der Waals surface area contributed by atoms with Crippen molar-refractivity contribution in [2.24, 2.45) is 0 Å². The van der Waals surface area contributed by atoms with E-state index in [-0.39, 0.29) is 12.5 Å². The Hall–Kier alpha value is -2.37. The molecule has 0 saturated heterocycles. The largest absolute Gasteiger partial charge is 0.467 e. The molecule has 0 radical (unpaired) electrons. The summed E-state index contributed by atoms with van der Waals surface area (Å²) in [6.45, 7) is 5.71. The van der Waals surface area contributed by atoms with Gasteiger partial charge in [0.1, 0.15) is 6.04 Å². The van der Waals surface area contributed by atoms with Crippen molar-refractivity contribution in [1.29, 1.82) is 0 Å². The van der Waals surface area contributed by atoms with Crippen LogP contribution in [0.15, 0.2) is 18.5 Å². The molecule has 0 aliphatic carbocycles. The number of nitrogens with zero attached hydrogens (tertiary/aromatic N) is 2. The van der Waals surface area contributed by atoms with Gasteiger partial charge in [-0.15, -0.1) is 0 Å². The third-order valence-corrected chi connectivity index (χ3v) is 3.48. The molecule has 2 aromatic rings. The Morgan fingerprint density at radius 2 is 2.00 bits per heavy atom. The van der Waals surface area contributed by atoms with Gasteiger partial charge >= 0.3 is 5.97 Å². The molecule has 6 heteroatoms. The summed E-state index contributed by atoms with van der Waals surface area (Å²) in [4.78, 5) is 27.3. The molecule has 1 heterocycles. The first kappa shape index (κ1) is 15.0. The van der Waals surface area contributed by atoms with Gasteiger partial charge < -0.3 is 14.6 Å². The number of aromatic nitrogens is 2. The number of ether oxygens (including phenoxy) is 1. The van der Waals surface area contributed by atoms with Gasteiger partial charge in [0, 0.05) is 6.92 Å². The monoisotopic (exact) mass is 289 g/mol. The van der Waals surface area contributed by atoms with E-state index in [0.29, 0.717) is 0 Å². The molecule has 1 unspecified atom stereocenters. The highest BCUT2D eigenvalue weighted by molar-refractivity contribution is 5.83. The van der Waals surface area contributed by atoms with Crippen LogP contribution in [0.4, 0.5) is 0 Å². The Kier molecular flexibility index (Phi) is 4.26. The number of fused-ring (bicyclic) bond motifs is 1. The first-order valence-electron chi connectivity index (χ1n) is 6.69. The van der Waals surface area contributed by atoms with Crippen LogP contribution in [0.25, 0.3) is 11.0 Å². The summed E-state index contributed by atoms with van der Waals surface area (Å²) < 4.78 is 6.58. The minimum Gasteiger partial charge on any atom is -0.467 e. The SMILES string of the molecule is COC(=O)C(Cn1cnc2cc(C)c(C)cc21)NC(C)=O. The molecule has 6 nitrogen and oxygen atoms in total. The molecule has 0 aliphatic rings. The second-order valence-corrected chi connectivity index (χ2v) is 5.10. The van der Waals surface area contributed by atoms with Crippen molar-refractivity contribution < 1.29 is 14.3 Å². The lowest BCUT2D eigenvalue weighted by molar-refractivity contribution is -0.145. The van der Waals surface area contributed by atoms with E-state index in [2.05, 4.69) is 10.3 Å². The number of methoxy groups -OCH3 is 1. The zero-order valence-electron chi connectivity index (χ0n) is 12.6. The quantitative estimate of drug-likeness (QED) is 0.862. The van der Waals surface area contributed by atoms with E-state index >= 15 is 0 Å². The molecule has 0 fully saturated rings. The molecular weight excluding hydrogens is 270 g/mol. The van der Waals surface area contributed by atoms with Crippen LogP contribution in [0.1, 0.15) is 18.1 Å². The average molecular weight is 289 g/mol. The number of aryl methyl sites for hydroxylation is 2. The summed E-state index contributed by atoms with van der Waals surface area (Å²) in [5.41, 5.74) is 4.11. The van der Waals surface area contributed by atoms with Gasteiger partial charge in [0.05, 0.1) is 31.0 Å². The molecule has 0 spiro atoms. The van der Waals surface area contributed by atoms with E-state index in [1.807, 2.05) is 30.5 Å². The lowest BCUT2D eigenvalue weighted by atomic mass is 10.1. The highest BCUT2D eigenvalue weighted by Gasteiger charge is 2.21. The van der Waals surface area contributed by atoms with Crippen LogP contribution >= 0.6 is 0 Å². The Balaban J connectivity index is 2.34. The summed E-state index contributed by atoms with van der Waals surface area (Å²) in [5, 5.41) is 2.60. The number of nitrogens with one attached hydrogen (secondary N) is 1. The van der Waals surface area contributed by atoms with Gasteiger partial charge in [-0.05, 0) is 37.1 Å². The maximum absolute atomic E-state index is 11.8. The summed E-state index contributed by atoms with van der Waals surface area (Å²) in [7, 11) is 1.30. The summed E-state index contributed by atoms with van der Waals surface area (Å²) in [5.74, 6) is -0.752. The molecule has 1 aromatic heterocycles. The van der Waals surface area contributed by atoms with Gasteiger partial charge in [-0.1, -0.05) is 0 Å². The molecule has 1 amide bonds. The van der Waals surface area contributed by atoms with Crippen molar-refractivity contribution >= 4 is 22.9 Å². The van der Waals surface area contributed by atoms with Crippen LogP contribution in [-0.4, -0.2) is 34.6 Å². The highest BCUT2D eigenvalue weighted by Crippen LogP contribution is 2.18. The third kappa shape index (κ3) is 3.21. The highest BCUT2D eigenvalue weighted by atomic mass is 16.5. The van der Waals surface area contributed by atoms with E-state index in [9.17, 15) is 9.59 Å². The normalized spacial score (nSPS) is 12.2. The number of hydrogen-bond acceptors (Lipinski definition) is 4. The molecule has 21 heavy (non-hydrogen) atoms. The van der Waals surface area contributed by atoms with Crippen molar-refractivity contribution in [2.45, 2.75) is 33.4 Å². The number of carbonyl (C=O) groups is 2. The fraction of sp³-hybridized carbons (Fsp3) is 0.400. The number of hydrogen-bond donors (Lipinski definition) is 1. The topological polar surface area (TPSA) is 73.2 Å². The molecule has 1 N–H and O–H groups in total. The number of imidazole rings is 1. The minimum absolute atomic E-state index is 0.276. The predicted octanol–water partition coefficient (Wildman–Crippen LogP) is 1.33. The van der Waals surface area contributed by atoms with Gasteiger partial charge in [0.15, 0.2) is 0 Å². The zero-order valence-corrected chi connectivity index (χ0v) is 12.6. The Morgan fingerprint density at radius 3 is 2.62 bits per heavy atom. The second-order valence-electron chi connectivity index (χ2n) is 5.10. The fourth-order valence-corrected chi connectivity index (χ4v) is 2.22. The smallest absolute Gasteiger partial charge is 0.330 e. The molecule has 1 atom stereocenters. The van der Waals surface area contributed by atoms with Crippen molar-refractivity contribution in [3.8, 4) is 0 Å². The van der Waals surface area contributed by atoms with Crippen molar-refractivity contribution in [3.63, 3.8) is 0 Å². The third-order valence-electron chi connectivity index (χ3n) is 3.48. The number of esters is 1. The van der Waals surface area contributed by atoms with Crippen molar-refractivity contribution in [3.05, 3.63) is 29.6 Å². The zero-order chi connectivity index (χ0) is 15.6. The number of rotatable bonds is 4. The van der Waals surface area contributed by atoms with E-state index in [0.717, 1.165) is 16.6 Å². The van der Waals surface area contributed by atoms with Crippen molar-refractivity contribution in [2.75, 3.05) is 7.11 Å². The second kappa shape index (κ2) is 5.95. The van der Waals surface area contributed by atoms with Crippen LogP contribution in [0.3, 0.4) is 0 Å². The molecule has 112 valence electrons. The predicted molar refractivity (Wildman–Crippen MR) is 78.8 cm³/mol. The Morgan fingerprint density at radius 1 is 1.33 bits per heavy atom. The van der Waals surface area contributed by atoms with Crippen LogP contribution in [0.2, 0.25) is 0 Å². The summed E-state index contributed by atoms with van der Waals surface area (Å²) >= 11 is 0. The number of carbonyl (C=O) groups excluding carboxylic acids is 2. The van der Waals surface area contributed by atoms with Crippen LogP contribution in [0, 0.1) is 13.8 Å². The maximum Gasteiger partial charge on any atom is 0.330 e. The van der Waals surface area contributed by atoms with E-state index in [4.69, 9.17) is 4.74 Å². The van der Waals surface area contributed by atoms with E-state index in [1.54, 1.807) is 6.33 Å². The van der Waals surface area contributed by atoms with Crippen LogP contribution in [-0.2, 0) is 20.9 Å². The van der Waals surface area contributed by atoms with E-state index < -0.39 is 12.0 Å². The fourth-order valence-electron chi connectivity index (χ4n) is 2.22. The summed E-state index contributed by atoms with van der Waals surface area (Å²) in [6.07, 6.45) is 1.67. The molecule has 0 aliphatic heterocycles. The molecule has 2 rings (SSSR count). The standard InChI is InChI=1S/C15H19N3O3/c1-9-5-12-14(6-10(9)2)18(8-16-12)7-13(15(20)21-4)17-11(3)19/h5-6,8,13H,7H2,1-4H3,(H,17,19). The van der Waals surface area contributed by atoms with Crippen molar-refractivity contribution in [1.82, 2.24) is 14.9 Å². The van der Waals surface area contributed by atoms with E-state index in [1.165, 1.54) is 19.6 Å². The lowest BCUT2D eigenvalue weighted by Crippen LogP contribution is -2.43. The molecule has 1 aromatic carbocycles. The Bertz CT molecular complexity index is 691. The first-order chi connectivity index (χ1) is 9.92. The molecule has 0 saturated carbocycles. The van der Waals surface area contributed by atoms with Gasteiger partial charge in [-0.3, -0.25) is 4.79 Å². The summed E-state index contributed by atoms with van der Waals surface area (Å²) in [6, 6.07) is 3.30. The van der Waals surface area contributed by atoms with Crippen LogP contribution < -0.4 is 5.32 Å². The average Bonchev–Trinajstić information content (AvgIpc) is 2.79. The first-order valence-corrected chi connectivity index (χ1v) is 6.69. The number of amides is 1. The molecule has 0 bridgehead atoms. The van der Waals surface area contributed by atoms with Gasteiger partial charge in [0.25, 0.3) is 0 Å². The van der Waals surface area contributed by atoms with Crippen LogP contribution in [0.5, 0.6) is 0 Å². The molecular formula is C15H19N3O3.